The van der Waals surface area contributed by atoms with Crippen LogP contribution >= 0.6 is 12.2 Å². The van der Waals surface area contributed by atoms with Crippen LogP contribution in [0.2, 0.25) is 0 Å². The third-order valence-corrected chi connectivity index (χ3v) is 4.34. The number of benzene rings is 2. The molecule has 2 aromatic carbocycles. The number of carbonyl (C=O) groups excluding carboxylic acids is 2. The first-order valence-electron chi connectivity index (χ1n) is 9.57. The lowest BCUT2D eigenvalue weighted by molar-refractivity contribution is 0.0827. The van der Waals surface area contributed by atoms with E-state index >= 15 is 0 Å². The van der Waals surface area contributed by atoms with Gasteiger partial charge in [0.25, 0.3) is 11.8 Å². The van der Waals surface area contributed by atoms with Crippen LogP contribution in [0.15, 0.2) is 48.5 Å². The quantitative estimate of drug-likeness (QED) is 0.504. The van der Waals surface area contributed by atoms with Crippen molar-refractivity contribution >= 4 is 34.8 Å². The molecule has 0 unspecified atom stereocenters. The predicted molar refractivity (Wildman–Crippen MR) is 120 cm³/mol. The Morgan fingerprint density at radius 1 is 1.03 bits per heavy atom. The number of hydrogen-bond acceptors (Lipinski definition) is 4. The summed E-state index contributed by atoms with van der Waals surface area (Å²) >= 11 is 5.22. The van der Waals surface area contributed by atoms with Gasteiger partial charge in [0.1, 0.15) is 5.75 Å². The van der Waals surface area contributed by atoms with Crippen molar-refractivity contribution in [3.63, 3.8) is 0 Å². The molecule has 0 fully saturated rings. The lowest BCUT2D eigenvalue weighted by atomic mass is 10.2. The molecule has 7 heteroatoms. The Labute approximate surface area is 177 Å². The van der Waals surface area contributed by atoms with E-state index < -0.39 is 0 Å². The lowest BCUT2D eigenvalue weighted by Crippen LogP contribution is -2.34. The van der Waals surface area contributed by atoms with Gasteiger partial charge in [0.15, 0.2) is 5.11 Å². The predicted octanol–water partition coefficient (Wildman–Crippen LogP) is 4.08. The molecule has 0 spiro atoms. The Morgan fingerprint density at radius 2 is 1.76 bits per heavy atom. The van der Waals surface area contributed by atoms with Crippen LogP contribution in [0.4, 0.5) is 5.69 Å². The minimum absolute atomic E-state index is 0.111. The minimum Gasteiger partial charge on any atom is -0.494 e. The van der Waals surface area contributed by atoms with Crippen molar-refractivity contribution in [1.82, 2.24) is 10.2 Å². The minimum atomic E-state index is -0.319. The summed E-state index contributed by atoms with van der Waals surface area (Å²) in [5.41, 5.74) is 1.63. The average molecular weight is 414 g/mol. The van der Waals surface area contributed by atoms with Crippen LogP contribution in [0.3, 0.4) is 0 Å². The molecule has 0 bridgehead atoms. The molecule has 0 aliphatic heterocycles. The van der Waals surface area contributed by atoms with E-state index in [4.69, 9.17) is 17.0 Å². The number of amides is 2. The highest BCUT2D eigenvalue weighted by molar-refractivity contribution is 7.80. The fourth-order valence-electron chi connectivity index (χ4n) is 2.57. The molecule has 2 rings (SSSR count). The number of anilines is 1. The molecule has 0 atom stereocenters. The molecule has 0 aliphatic rings. The van der Waals surface area contributed by atoms with Crippen molar-refractivity contribution < 1.29 is 14.3 Å². The van der Waals surface area contributed by atoms with Crippen molar-refractivity contribution in [3.05, 3.63) is 59.7 Å². The maximum atomic E-state index is 12.4. The summed E-state index contributed by atoms with van der Waals surface area (Å²) in [6.45, 7) is 2.81. The number of thiocarbonyl (C=S) groups is 1. The SMILES string of the molecule is CCCCCOc1ccc(C(=O)NC(=S)Nc2cccc(C(=O)N(C)C)c2)cc1. The number of unbranched alkanes of at least 4 members (excludes halogenated alkanes) is 2. The van der Waals surface area contributed by atoms with Crippen molar-refractivity contribution in [2.24, 2.45) is 0 Å². The van der Waals surface area contributed by atoms with Gasteiger partial charge in [-0.05, 0) is 61.1 Å². The summed E-state index contributed by atoms with van der Waals surface area (Å²) in [6.07, 6.45) is 3.30. The van der Waals surface area contributed by atoms with Gasteiger partial charge in [-0.3, -0.25) is 14.9 Å². The standard InChI is InChI=1S/C22H27N3O3S/c1-4-5-6-14-28-19-12-10-16(11-13-19)20(26)24-22(29)23-18-9-7-8-17(15-18)21(27)25(2)3/h7-13,15H,4-6,14H2,1-3H3,(H2,23,24,26,29). The maximum Gasteiger partial charge on any atom is 0.257 e. The molecule has 0 heterocycles. The molecule has 154 valence electrons. The number of nitrogens with zero attached hydrogens (tertiary/aromatic N) is 1. The Balaban J connectivity index is 1.90. The fourth-order valence-corrected chi connectivity index (χ4v) is 2.78. The van der Waals surface area contributed by atoms with Crippen LogP contribution in [0.5, 0.6) is 5.75 Å². The van der Waals surface area contributed by atoms with Crippen molar-refractivity contribution in [2.45, 2.75) is 26.2 Å². The third-order valence-electron chi connectivity index (χ3n) is 4.13. The van der Waals surface area contributed by atoms with Crippen LogP contribution in [0.1, 0.15) is 46.9 Å². The van der Waals surface area contributed by atoms with E-state index in [1.54, 1.807) is 62.6 Å². The van der Waals surface area contributed by atoms with E-state index in [1.807, 2.05) is 0 Å². The monoisotopic (exact) mass is 413 g/mol. The zero-order chi connectivity index (χ0) is 21.2. The smallest absolute Gasteiger partial charge is 0.257 e. The Bertz CT molecular complexity index is 851. The fraction of sp³-hybridized carbons (Fsp3) is 0.318. The first-order chi connectivity index (χ1) is 13.9. The van der Waals surface area contributed by atoms with Crippen molar-refractivity contribution in [3.8, 4) is 5.75 Å². The third kappa shape index (κ3) is 7.19. The molecular formula is C22H27N3O3S. The van der Waals surface area contributed by atoms with E-state index in [9.17, 15) is 9.59 Å². The van der Waals surface area contributed by atoms with Gasteiger partial charge in [0, 0.05) is 30.9 Å². The molecule has 0 radical (unpaired) electrons. The zero-order valence-electron chi connectivity index (χ0n) is 17.0. The molecule has 0 aliphatic carbocycles. The van der Waals surface area contributed by atoms with E-state index in [0.717, 1.165) is 25.0 Å². The van der Waals surface area contributed by atoms with Crippen LogP contribution in [0, 0.1) is 0 Å². The summed E-state index contributed by atoms with van der Waals surface area (Å²) in [6, 6.07) is 13.9. The Morgan fingerprint density at radius 3 is 2.41 bits per heavy atom. The first-order valence-corrected chi connectivity index (χ1v) is 9.98. The van der Waals surface area contributed by atoms with Gasteiger partial charge in [0.2, 0.25) is 0 Å². The summed E-state index contributed by atoms with van der Waals surface area (Å²) in [4.78, 5) is 25.9. The summed E-state index contributed by atoms with van der Waals surface area (Å²) in [5, 5.41) is 5.73. The lowest BCUT2D eigenvalue weighted by Gasteiger charge is -2.13. The van der Waals surface area contributed by atoms with Gasteiger partial charge in [-0.15, -0.1) is 0 Å². The van der Waals surface area contributed by atoms with Crippen molar-refractivity contribution in [2.75, 3.05) is 26.0 Å². The highest BCUT2D eigenvalue weighted by atomic mass is 32.1. The molecule has 29 heavy (non-hydrogen) atoms. The first kappa shape index (κ1) is 22.4. The van der Waals surface area contributed by atoms with Gasteiger partial charge in [0.05, 0.1) is 6.61 Å². The van der Waals surface area contributed by atoms with Gasteiger partial charge in [-0.1, -0.05) is 25.8 Å². The second-order valence-corrected chi connectivity index (χ2v) is 7.18. The molecule has 0 aromatic heterocycles. The van der Waals surface area contributed by atoms with Crippen LogP contribution < -0.4 is 15.4 Å². The summed E-state index contributed by atoms with van der Waals surface area (Å²) in [7, 11) is 3.38. The molecule has 2 aromatic rings. The normalized spacial score (nSPS) is 10.2. The van der Waals surface area contributed by atoms with Crippen molar-refractivity contribution in [1.29, 1.82) is 0 Å². The van der Waals surface area contributed by atoms with E-state index in [0.29, 0.717) is 23.4 Å². The highest BCUT2D eigenvalue weighted by Gasteiger charge is 2.11. The second-order valence-electron chi connectivity index (χ2n) is 6.77. The molecule has 6 nitrogen and oxygen atoms in total. The maximum absolute atomic E-state index is 12.4. The topological polar surface area (TPSA) is 70.7 Å². The van der Waals surface area contributed by atoms with Crippen LogP contribution in [0.25, 0.3) is 0 Å². The zero-order valence-corrected chi connectivity index (χ0v) is 17.8. The van der Waals surface area contributed by atoms with Gasteiger partial charge in [-0.2, -0.15) is 0 Å². The molecule has 2 N–H and O–H groups in total. The van der Waals surface area contributed by atoms with Gasteiger partial charge in [-0.25, -0.2) is 0 Å². The summed E-state index contributed by atoms with van der Waals surface area (Å²) < 4.78 is 5.65. The number of ether oxygens (including phenoxy) is 1. The van der Waals surface area contributed by atoms with E-state index in [1.165, 1.54) is 4.90 Å². The molecular weight excluding hydrogens is 386 g/mol. The number of rotatable bonds is 8. The summed E-state index contributed by atoms with van der Waals surface area (Å²) in [5.74, 6) is 0.307. The Hall–Kier alpha value is -2.93. The van der Waals surface area contributed by atoms with E-state index in [2.05, 4.69) is 17.6 Å². The second kappa shape index (κ2) is 11.2. The number of nitrogens with one attached hydrogen (secondary N) is 2. The largest absolute Gasteiger partial charge is 0.494 e. The number of hydrogen-bond donors (Lipinski definition) is 2. The van der Waals surface area contributed by atoms with E-state index in [-0.39, 0.29) is 16.9 Å². The average Bonchev–Trinajstić information content (AvgIpc) is 2.71. The molecule has 2 amide bonds. The van der Waals surface area contributed by atoms with Crippen LogP contribution in [-0.4, -0.2) is 42.5 Å². The molecule has 0 saturated carbocycles. The van der Waals surface area contributed by atoms with Gasteiger partial charge < -0.3 is 15.0 Å². The van der Waals surface area contributed by atoms with Gasteiger partial charge >= 0.3 is 0 Å². The van der Waals surface area contributed by atoms with Crippen LogP contribution in [-0.2, 0) is 0 Å². The number of carbonyl (C=O) groups is 2. The molecule has 0 saturated heterocycles. The highest BCUT2D eigenvalue weighted by Crippen LogP contribution is 2.14. The Kier molecular flexibility index (Phi) is 8.61.